The van der Waals surface area contributed by atoms with Gasteiger partial charge in [0.15, 0.2) is 5.43 Å². The third kappa shape index (κ3) is 2.54. The van der Waals surface area contributed by atoms with Gasteiger partial charge in [0.1, 0.15) is 5.65 Å². The van der Waals surface area contributed by atoms with Crippen molar-refractivity contribution in [2.24, 2.45) is 0 Å². The van der Waals surface area contributed by atoms with Gasteiger partial charge >= 0.3 is 0 Å². The molecule has 0 amide bonds. The molecule has 3 rings (SSSR count). The summed E-state index contributed by atoms with van der Waals surface area (Å²) in [4.78, 5) is 16.4. The maximum absolute atomic E-state index is 12.0. The number of nitrogens with one attached hydrogen (secondary N) is 1. The van der Waals surface area contributed by atoms with Crippen LogP contribution in [0.25, 0.3) is 11.0 Å². The van der Waals surface area contributed by atoms with Crippen LogP contribution in [-0.2, 0) is 11.3 Å². The summed E-state index contributed by atoms with van der Waals surface area (Å²) in [6.45, 7) is 4.43. The molecule has 0 spiro atoms. The lowest BCUT2D eigenvalue weighted by Gasteiger charge is -2.24. The maximum atomic E-state index is 12.0. The molecule has 0 atom stereocenters. The molecule has 0 unspecified atom stereocenters. The van der Waals surface area contributed by atoms with Crippen molar-refractivity contribution in [1.82, 2.24) is 9.55 Å². The van der Waals surface area contributed by atoms with Crippen molar-refractivity contribution in [3.05, 3.63) is 34.7 Å². The zero-order valence-electron chi connectivity index (χ0n) is 11.6. The van der Waals surface area contributed by atoms with Crippen LogP contribution in [0.1, 0.15) is 19.8 Å². The lowest BCUT2D eigenvalue weighted by atomic mass is 10.1. The third-order valence-corrected chi connectivity index (χ3v) is 3.74. The Kier molecular flexibility index (Phi) is 3.69. The molecule has 5 heteroatoms. The number of fused-ring (bicyclic) bond motifs is 1. The zero-order chi connectivity index (χ0) is 13.9. The van der Waals surface area contributed by atoms with Gasteiger partial charge in [0, 0.05) is 38.1 Å². The minimum absolute atomic E-state index is 0.0211. The summed E-state index contributed by atoms with van der Waals surface area (Å²) in [6, 6.07) is 3.91. The van der Waals surface area contributed by atoms with Crippen molar-refractivity contribution < 1.29 is 4.74 Å². The second-order valence-corrected chi connectivity index (χ2v) is 5.09. The van der Waals surface area contributed by atoms with Gasteiger partial charge in [-0.1, -0.05) is 0 Å². The topological polar surface area (TPSA) is 56.2 Å². The van der Waals surface area contributed by atoms with Crippen molar-refractivity contribution in [3.63, 3.8) is 0 Å². The molecule has 1 aliphatic rings. The summed E-state index contributed by atoms with van der Waals surface area (Å²) in [6.07, 6.45) is 5.59. The first-order valence-electron chi connectivity index (χ1n) is 7.11. The summed E-state index contributed by atoms with van der Waals surface area (Å²) in [5, 5.41) is 4.12. The number of anilines is 1. The molecule has 1 fully saturated rings. The molecule has 20 heavy (non-hydrogen) atoms. The van der Waals surface area contributed by atoms with Crippen molar-refractivity contribution in [1.29, 1.82) is 0 Å². The van der Waals surface area contributed by atoms with Crippen LogP contribution in [0.3, 0.4) is 0 Å². The van der Waals surface area contributed by atoms with Crippen LogP contribution >= 0.6 is 0 Å². The lowest BCUT2D eigenvalue weighted by Crippen LogP contribution is -2.28. The molecule has 0 saturated carbocycles. The van der Waals surface area contributed by atoms with Crippen LogP contribution in [0.5, 0.6) is 0 Å². The van der Waals surface area contributed by atoms with E-state index in [1.807, 2.05) is 23.8 Å². The molecule has 1 saturated heterocycles. The quantitative estimate of drug-likeness (QED) is 0.929. The summed E-state index contributed by atoms with van der Waals surface area (Å²) < 4.78 is 7.33. The van der Waals surface area contributed by atoms with E-state index in [1.54, 1.807) is 12.3 Å². The number of nitrogens with zero attached hydrogens (tertiary/aromatic N) is 2. The number of hydrogen-bond donors (Lipinski definition) is 1. The molecule has 3 heterocycles. The fourth-order valence-corrected chi connectivity index (χ4v) is 2.60. The molecule has 0 radical (unpaired) electrons. The third-order valence-electron chi connectivity index (χ3n) is 3.74. The van der Waals surface area contributed by atoms with E-state index in [0.717, 1.165) is 43.9 Å². The average molecular weight is 273 g/mol. The number of hydrogen-bond acceptors (Lipinski definition) is 4. The van der Waals surface area contributed by atoms with E-state index in [9.17, 15) is 4.79 Å². The van der Waals surface area contributed by atoms with E-state index in [4.69, 9.17) is 4.74 Å². The van der Waals surface area contributed by atoms with E-state index < -0.39 is 0 Å². The first-order valence-corrected chi connectivity index (χ1v) is 7.11. The molecule has 5 nitrogen and oxygen atoms in total. The van der Waals surface area contributed by atoms with Crippen LogP contribution in [0, 0.1) is 0 Å². The Balaban J connectivity index is 1.93. The van der Waals surface area contributed by atoms with Gasteiger partial charge in [-0.3, -0.25) is 4.79 Å². The van der Waals surface area contributed by atoms with Crippen LogP contribution in [0.4, 0.5) is 5.69 Å². The molecule has 0 aliphatic carbocycles. The fourth-order valence-electron chi connectivity index (χ4n) is 2.60. The van der Waals surface area contributed by atoms with Gasteiger partial charge in [0.05, 0.1) is 17.3 Å². The van der Waals surface area contributed by atoms with Crippen molar-refractivity contribution in [2.45, 2.75) is 32.4 Å². The lowest BCUT2D eigenvalue weighted by molar-refractivity contribution is 0.0904. The summed E-state index contributed by atoms with van der Waals surface area (Å²) in [7, 11) is 0. The van der Waals surface area contributed by atoms with E-state index >= 15 is 0 Å². The Morgan fingerprint density at radius 1 is 1.45 bits per heavy atom. The van der Waals surface area contributed by atoms with E-state index in [0.29, 0.717) is 11.4 Å². The minimum atomic E-state index is 0.0211. The van der Waals surface area contributed by atoms with Gasteiger partial charge in [-0.25, -0.2) is 4.98 Å². The van der Waals surface area contributed by atoms with Crippen LogP contribution in [0.2, 0.25) is 0 Å². The standard InChI is InChI=1S/C15H19N3O2/c1-2-18-6-3-14(19)13-9-12(10-16-15(13)18)17-11-4-7-20-8-5-11/h3,6,9-11,17H,2,4-5,7-8H2,1H3. The Hall–Kier alpha value is -1.88. The summed E-state index contributed by atoms with van der Waals surface area (Å²) >= 11 is 0. The average Bonchev–Trinajstić information content (AvgIpc) is 2.49. The Labute approximate surface area is 117 Å². The van der Waals surface area contributed by atoms with Crippen LogP contribution in [0.15, 0.2) is 29.3 Å². The van der Waals surface area contributed by atoms with Crippen molar-refractivity contribution in [2.75, 3.05) is 18.5 Å². The summed E-state index contributed by atoms with van der Waals surface area (Å²) in [5.74, 6) is 0. The van der Waals surface area contributed by atoms with E-state index in [1.165, 1.54) is 0 Å². The highest BCUT2D eigenvalue weighted by Gasteiger charge is 2.14. The van der Waals surface area contributed by atoms with Gasteiger partial charge in [-0.05, 0) is 25.8 Å². The summed E-state index contributed by atoms with van der Waals surface area (Å²) in [5.41, 5.74) is 1.68. The molecule has 1 N–H and O–H groups in total. The monoisotopic (exact) mass is 273 g/mol. The van der Waals surface area contributed by atoms with Gasteiger partial charge in [0.2, 0.25) is 0 Å². The van der Waals surface area contributed by atoms with E-state index in [2.05, 4.69) is 10.3 Å². The normalized spacial score (nSPS) is 16.4. The molecule has 1 aliphatic heterocycles. The Morgan fingerprint density at radius 3 is 3.00 bits per heavy atom. The smallest absolute Gasteiger partial charge is 0.191 e. The zero-order valence-corrected chi connectivity index (χ0v) is 11.6. The predicted octanol–water partition coefficient (Wildman–Crippen LogP) is 2.01. The molecule has 0 bridgehead atoms. The van der Waals surface area contributed by atoms with Gasteiger partial charge in [-0.15, -0.1) is 0 Å². The Morgan fingerprint density at radius 2 is 2.25 bits per heavy atom. The predicted molar refractivity (Wildman–Crippen MR) is 79.1 cm³/mol. The first-order chi connectivity index (χ1) is 9.78. The number of aromatic nitrogens is 2. The van der Waals surface area contributed by atoms with Gasteiger partial charge in [-0.2, -0.15) is 0 Å². The Bertz CT molecular complexity index is 660. The minimum Gasteiger partial charge on any atom is -0.381 e. The van der Waals surface area contributed by atoms with Crippen molar-refractivity contribution in [3.8, 4) is 0 Å². The molecule has 2 aromatic heterocycles. The SMILES string of the molecule is CCn1ccc(=O)c2cc(NC3CCOCC3)cnc21. The number of pyridine rings is 2. The largest absolute Gasteiger partial charge is 0.381 e. The second kappa shape index (κ2) is 5.63. The first kappa shape index (κ1) is 13.1. The van der Waals surface area contributed by atoms with Gasteiger partial charge in [0.25, 0.3) is 0 Å². The maximum Gasteiger partial charge on any atom is 0.191 e. The number of ether oxygens (including phenoxy) is 1. The molecule has 0 aromatic carbocycles. The highest BCUT2D eigenvalue weighted by molar-refractivity contribution is 5.78. The highest BCUT2D eigenvalue weighted by atomic mass is 16.5. The van der Waals surface area contributed by atoms with E-state index in [-0.39, 0.29) is 5.43 Å². The van der Waals surface area contributed by atoms with Crippen LogP contribution < -0.4 is 10.7 Å². The number of aryl methyl sites for hydroxylation is 1. The molecule has 106 valence electrons. The van der Waals surface area contributed by atoms with Crippen molar-refractivity contribution >= 4 is 16.7 Å². The van der Waals surface area contributed by atoms with Gasteiger partial charge < -0.3 is 14.6 Å². The number of rotatable bonds is 3. The fraction of sp³-hybridized carbons (Fsp3) is 0.467. The second-order valence-electron chi connectivity index (χ2n) is 5.09. The molecular weight excluding hydrogens is 254 g/mol. The molecule has 2 aromatic rings. The van der Waals surface area contributed by atoms with Crippen LogP contribution in [-0.4, -0.2) is 28.8 Å². The highest BCUT2D eigenvalue weighted by Crippen LogP contribution is 2.17. The molecular formula is C15H19N3O2.